The lowest BCUT2D eigenvalue weighted by Crippen LogP contribution is -2.55. The molecule has 1 amide bonds. The van der Waals surface area contributed by atoms with E-state index < -0.39 is 0 Å². The number of carbonyl (C=O) groups excluding carboxylic acids is 1. The van der Waals surface area contributed by atoms with Crippen LogP contribution in [-0.4, -0.2) is 74.7 Å². The zero-order chi connectivity index (χ0) is 18.4. The van der Waals surface area contributed by atoms with Gasteiger partial charge in [-0.1, -0.05) is 12.1 Å². The average molecular weight is 360 g/mol. The maximum Gasteiger partial charge on any atom is 0.251 e. The molecule has 2 saturated heterocycles. The van der Waals surface area contributed by atoms with E-state index in [2.05, 4.69) is 21.3 Å². The zero-order valence-corrected chi connectivity index (χ0v) is 15.6. The van der Waals surface area contributed by atoms with E-state index in [1.54, 1.807) is 14.2 Å². The van der Waals surface area contributed by atoms with Gasteiger partial charge in [-0.15, -0.1) is 0 Å². The molecule has 2 aliphatic rings. The lowest BCUT2D eigenvalue weighted by atomic mass is 10.2. The SMILES string of the molecule is CN=C(NCc1cccc(OC)c1)N1CCN(C(=O)C2CCCO2)CC1. The number of nitrogens with zero attached hydrogens (tertiary/aromatic N) is 3. The lowest BCUT2D eigenvalue weighted by molar-refractivity contribution is -0.142. The van der Waals surface area contributed by atoms with Gasteiger partial charge in [0.25, 0.3) is 5.91 Å². The van der Waals surface area contributed by atoms with Crippen molar-refractivity contribution in [2.75, 3.05) is 46.9 Å². The second-order valence-corrected chi connectivity index (χ2v) is 6.57. The minimum absolute atomic E-state index is 0.140. The highest BCUT2D eigenvalue weighted by atomic mass is 16.5. The van der Waals surface area contributed by atoms with Crippen LogP contribution < -0.4 is 10.1 Å². The Morgan fingerprint density at radius 1 is 1.31 bits per heavy atom. The van der Waals surface area contributed by atoms with Crippen molar-refractivity contribution in [2.45, 2.75) is 25.5 Å². The van der Waals surface area contributed by atoms with Crippen LogP contribution in [0.4, 0.5) is 0 Å². The molecule has 0 saturated carbocycles. The first-order valence-electron chi connectivity index (χ1n) is 9.20. The van der Waals surface area contributed by atoms with Gasteiger partial charge in [-0.25, -0.2) is 0 Å². The lowest BCUT2D eigenvalue weighted by Gasteiger charge is -2.37. The van der Waals surface area contributed by atoms with E-state index in [1.165, 1.54) is 0 Å². The number of rotatable bonds is 4. The zero-order valence-electron chi connectivity index (χ0n) is 15.6. The summed E-state index contributed by atoms with van der Waals surface area (Å²) in [5, 5.41) is 3.40. The van der Waals surface area contributed by atoms with Crippen molar-refractivity contribution in [3.8, 4) is 5.75 Å². The van der Waals surface area contributed by atoms with Crippen LogP contribution in [0.2, 0.25) is 0 Å². The number of guanidine groups is 1. The van der Waals surface area contributed by atoms with Crippen molar-refractivity contribution in [3.63, 3.8) is 0 Å². The Morgan fingerprint density at radius 3 is 2.73 bits per heavy atom. The standard InChI is InChI=1S/C19H28N4O3/c1-20-19(21-14-15-5-3-6-16(13-15)25-2)23-10-8-22(9-11-23)18(24)17-7-4-12-26-17/h3,5-6,13,17H,4,7-12,14H2,1-2H3,(H,20,21). The van der Waals surface area contributed by atoms with Crippen LogP contribution in [-0.2, 0) is 16.1 Å². The second-order valence-electron chi connectivity index (χ2n) is 6.57. The third-order valence-corrected chi connectivity index (χ3v) is 4.89. The first-order valence-corrected chi connectivity index (χ1v) is 9.20. The highest BCUT2D eigenvalue weighted by molar-refractivity contribution is 5.82. The number of benzene rings is 1. The summed E-state index contributed by atoms with van der Waals surface area (Å²) in [6.45, 7) is 4.35. The summed E-state index contributed by atoms with van der Waals surface area (Å²) in [5.41, 5.74) is 1.14. The number of carbonyl (C=O) groups is 1. The molecule has 1 N–H and O–H groups in total. The summed E-state index contributed by atoms with van der Waals surface area (Å²) in [4.78, 5) is 20.9. The smallest absolute Gasteiger partial charge is 0.251 e. The van der Waals surface area contributed by atoms with Gasteiger partial charge in [0.2, 0.25) is 0 Å². The quantitative estimate of drug-likeness (QED) is 0.643. The number of nitrogens with one attached hydrogen (secondary N) is 1. The van der Waals surface area contributed by atoms with Crippen molar-refractivity contribution >= 4 is 11.9 Å². The summed E-state index contributed by atoms with van der Waals surface area (Å²) in [6.07, 6.45) is 1.60. The van der Waals surface area contributed by atoms with E-state index in [0.29, 0.717) is 26.2 Å². The second kappa shape index (κ2) is 8.89. The predicted octanol–water partition coefficient (Wildman–Crippen LogP) is 1.09. The van der Waals surface area contributed by atoms with Gasteiger partial charge in [0.15, 0.2) is 5.96 Å². The molecule has 0 spiro atoms. The Labute approximate surface area is 155 Å². The highest BCUT2D eigenvalue weighted by Crippen LogP contribution is 2.16. The summed E-state index contributed by atoms with van der Waals surface area (Å²) < 4.78 is 10.8. The Morgan fingerprint density at radius 2 is 2.08 bits per heavy atom. The normalized spacial score (nSPS) is 21.0. The Balaban J connectivity index is 1.49. The molecule has 3 rings (SSSR count). The molecule has 142 valence electrons. The minimum Gasteiger partial charge on any atom is -0.497 e. The number of aliphatic imine (C=N–C) groups is 1. The average Bonchev–Trinajstić information content (AvgIpc) is 3.23. The molecule has 7 nitrogen and oxygen atoms in total. The Bertz CT molecular complexity index is 635. The van der Waals surface area contributed by atoms with Gasteiger partial charge < -0.3 is 24.6 Å². The largest absolute Gasteiger partial charge is 0.497 e. The summed E-state index contributed by atoms with van der Waals surface area (Å²) >= 11 is 0. The van der Waals surface area contributed by atoms with Gasteiger partial charge in [-0.3, -0.25) is 9.79 Å². The van der Waals surface area contributed by atoms with Gasteiger partial charge in [-0.05, 0) is 30.5 Å². The number of amides is 1. The van der Waals surface area contributed by atoms with E-state index in [1.807, 2.05) is 23.1 Å². The first kappa shape index (κ1) is 18.5. The Kier molecular flexibility index (Phi) is 6.33. The van der Waals surface area contributed by atoms with Crippen molar-refractivity contribution < 1.29 is 14.3 Å². The summed E-state index contributed by atoms with van der Waals surface area (Å²) in [7, 11) is 3.46. The monoisotopic (exact) mass is 360 g/mol. The maximum absolute atomic E-state index is 12.4. The van der Waals surface area contributed by atoms with Crippen molar-refractivity contribution in [3.05, 3.63) is 29.8 Å². The molecule has 0 bridgehead atoms. The van der Waals surface area contributed by atoms with Gasteiger partial charge in [0.1, 0.15) is 11.9 Å². The molecule has 26 heavy (non-hydrogen) atoms. The molecule has 2 heterocycles. The molecule has 7 heteroatoms. The van der Waals surface area contributed by atoms with Gasteiger partial charge in [0.05, 0.1) is 7.11 Å². The van der Waals surface area contributed by atoms with Crippen LogP contribution in [0.3, 0.4) is 0 Å². The van der Waals surface area contributed by atoms with Crippen LogP contribution in [0.15, 0.2) is 29.3 Å². The number of piperazine rings is 1. The van der Waals surface area contributed by atoms with Crippen molar-refractivity contribution in [2.24, 2.45) is 4.99 Å². The number of methoxy groups -OCH3 is 1. The van der Waals surface area contributed by atoms with Crippen LogP contribution in [0.1, 0.15) is 18.4 Å². The molecule has 0 radical (unpaired) electrons. The molecule has 1 atom stereocenters. The number of hydrogen-bond donors (Lipinski definition) is 1. The topological polar surface area (TPSA) is 66.4 Å². The van der Waals surface area contributed by atoms with E-state index in [9.17, 15) is 4.79 Å². The Hall–Kier alpha value is -2.28. The number of hydrogen-bond acceptors (Lipinski definition) is 4. The van der Waals surface area contributed by atoms with Crippen LogP contribution in [0.25, 0.3) is 0 Å². The predicted molar refractivity (Wildman–Crippen MR) is 100 cm³/mol. The van der Waals surface area contributed by atoms with Gasteiger partial charge in [0, 0.05) is 46.4 Å². The fourth-order valence-corrected chi connectivity index (χ4v) is 3.41. The number of ether oxygens (including phenoxy) is 2. The fraction of sp³-hybridized carbons (Fsp3) is 0.579. The molecular weight excluding hydrogens is 332 g/mol. The van der Waals surface area contributed by atoms with E-state index in [4.69, 9.17) is 9.47 Å². The molecule has 0 aromatic heterocycles. The third-order valence-electron chi connectivity index (χ3n) is 4.89. The van der Waals surface area contributed by atoms with Gasteiger partial charge >= 0.3 is 0 Å². The highest BCUT2D eigenvalue weighted by Gasteiger charge is 2.30. The van der Waals surface area contributed by atoms with Gasteiger partial charge in [-0.2, -0.15) is 0 Å². The third kappa shape index (κ3) is 4.46. The van der Waals surface area contributed by atoms with Crippen LogP contribution >= 0.6 is 0 Å². The molecule has 1 unspecified atom stereocenters. The van der Waals surface area contributed by atoms with E-state index in [-0.39, 0.29) is 12.0 Å². The summed E-state index contributed by atoms with van der Waals surface area (Å²) in [5.74, 6) is 1.85. The van der Waals surface area contributed by atoms with Crippen molar-refractivity contribution in [1.82, 2.24) is 15.1 Å². The van der Waals surface area contributed by atoms with E-state index in [0.717, 1.165) is 43.2 Å². The van der Waals surface area contributed by atoms with Crippen LogP contribution in [0.5, 0.6) is 5.75 Å². The van der Waals surface area contributed by atoms with Crippen molar-refractivity contribution in [1.29, 1.82) is 0 Å². The maximum atomic E-state index is 12.4. The van der Waals surface area contributed by atoms with E-state index >= 15 is 0 Å². The molecular formula is C19H28N4O3. The molecule has 2 aliphatic heterocycles. The summed E-state index contributed by atoms with van der Waals surface area (Å²) in [6, 6.07) is 7.98. The molecule has 0 aliphatic carbocycles. The molecule has 1 aromatic carbocycles. The first-order chi connectivity index (χ1) is 12.7. The minimum atomic E-state index is -0.230. The molecule has 1 aromatic rings. The van der Waals surface area contributed by atoms with Crippen LogP contribution in [0, 0.1) is 0 Å². The fourth-order valence-electron chi connectivity index (χ4n) is 3.41. The molecule has 2 fully saturated rings.